The van der Waals surface area contributed by atoms with Crippen LogP contribution in [-0.4, -0.2) is 35.6 Å². The second-order valence-electron chi connectivity index (χ2n) is 3.19. The predicted octanol–water partition coefficient (Wildman–Crippen LogP) is 1.02. The van der Waals surface area contributed by atoms with E-state index in [4.69, 9.17) is 4.74 Å². The van der Waals surface area contributed by atoms with Crippen LogP contribution in [0.5, 0.6) is 0 Å². The zero-order chi connectivity index (χ0) is 10.6. The van der Waals surface area contributed by atoms with Crippen molar-refractivity contribution in [1.29, 1.82) is 0 Å². The Labute approximate surface area is 88.5 Å². The largest absolute Gasteiger partial charge is 0.464 e. The molecule has 14 heavy (non-hydrogen) atoms. The van der Waals surface area contributed by atoms with Gasteiger partial charge < -0.3 is 10.1 Å². The van der Waals surface area contributed by atoms with Gasteiger partial charge >= 0.3 is 5.97 Å². The molecule has 0 radical (unpaired) electrons. The monoisotopic (exact) mass is 216 g/mol. The Kier molecular flexibility index (Phi) is 4.25. The third-order valence-electron chi connectivity index (χ3n) is 1.78. The molecule has 0 bridgehead atoms. The van der Waals surface area contributed by atoms with Crippen LogP contribution in [-0.2, 0) is 9.53 Å². The van der Waals surface area contributed by atoms with E-state index in [1.807, 2.05) is 0 Å². The van der Waals surface area contributed by atoms with Crippen molar-refractivity contribution >= 4 is 22.9 Å². The molecule has 5 heteroatoms. The summed E-state index contributed by atoms with van der Waals surface area (Å²) in [7, 11) is 0. The highest BCUT2D eigenvalue weighted by atomic mass is 32.2. The fraction of sp³-hybridized carbons (Fsp3) is 0.778. The average molecular weight is 216 g/mol. The minimum Gasteiger partial charge on any atom is -0.464 e. The number of nitrogens with one attached hydrogen (secondary N) is 1. The molecule has 0 aromatic carbocycles. The summed E-state index contributed by atoms with van der Waals surface area (Å²) in [5, 5.41) is 4.38. The Balaban J connectivity index is 2.33. The second-order valence-corrected chi connectivity index (χ2v) is 4.62. The number of rotatable bonds is 3. The van der Waals surface area contributed by atoms with Gasteiger partial charge in [0.25, 0.3) is 0 Å². The highest BCUT2D eigenvalue weighted by Crippen LogP contribution is 2.18. The zero-order valence-corrected chi connectivity index (χ0v) is 9.56. The van der Waals surface area contributed by atoms with Crippen molar-refractivity contribution in [3.05, 3.63) is 0 Å². The van der Waals surface area contributed by atoms with Gasteiger partial charge in [-0.15, -0.1) is 0 Å². The van der Waals surface area contributed by atoms with Crippen molar-refractivity contribution < 1.29 is 9.53 Å². The van der Waals surface area contributed by atoms with E-state index in [-0.39, 0.29) is 12.0 Å². The molecule has 0 spiro atoms. The predicted molar refractivity (Wildman–Crippen MR) is 58.6 cm³/mol. The molecule has 0 saturated carbocycles. The standard InChI is InChI=1S/C9H16N2O2S/c1-4-13-8(12)7(3)11-9-10-5-6(2)14-9/h6-7H,4-5H2,1-3H3,(H,10,11). The number of carbonyl (C=O) groups excluding carboxylic acids is 1. The SMILES string of the molecule is CCOC(=O)C(C)NC1=NCC(C)S1. The van der Waals surface area contributed by atoms with Gasteiger partial charge in [-0.2, -0.15) is 0 Å². The lowest BCUT2D eigenvalue weighted by molar-refractivity contribution is -0.144. The number of carbonyl (C=O) groups is 1. The van der Waals surface area contributed by atoms with E-state index < -0.39 is 0 Å². The fourth-order valence-corrected chi connectivity index (χ4v) is 1.99. The fourth-order valence-electron chi connectivity index (χ4n) is 1.07. The maximum absolute atomic E-state index is 11.3. The van der Waals surface area contributed by atoms with Crippen LogP contribution in [0.3, 0.4) is 0 Å². The first kappa shape index (κ1) is 11.4. The first-order chi connectivity index (χ1) is 6.63. The van der Waals surface area contributed by atoms with Crippen LogP contribution in [0.15, 0.2) is 4.99 Å². The topological polar surface area (TPSA) is 50.7 Å². The van der Waals surface area contributed by atoms with Gasteiger partial charge in [0.05, 0.1) is 13.2 Å². The quantitative estimate of drug-likeness (QED) is 0.716. The lowest BCUT2D eigenvalue weighted by atomic mass is 10.3. The van der Waals surface area contributed by atoms with E-state index in [0.29, 0.717) is 11.9 Å². The summed E-state index contributed by atoms with van der Waals surface area (Å²) in [6.45, 7) is 6.93. The van der Waals surface area contributed by atoms with Crippen LogP contribution >= 0.6 is 11.8 Å². The minimum atomic E-state index is -0.313. The molecule has 1 aliphatic rings. The van der Waals surface area contributed by atoms with E-state index in [1.165, 1.54) is 0 Å². The van der Waals surface area contributed by atoms with Crippen LogP contribution in [0, 0.1) is 0 Å². The molecule has 0 aromatic heterocycles. The Bertz CT molecular complexity index is 243. The number of amidine groups is 1. The molecule has 0 aliphatic carbocycles. The van der Waals surface area contributed by atoms with Crippen molar-refractivity contribution in [3.63, 3.8) is 0 Å². The molecule has 0 aromatic rings. The first-order valence-electron chi connectivity index (χ1n) is 4.77. The molecule has 80 valence electrons. The zero-order valence-electron chi connectivity index (χ0n) is 8.74. The normalized spacial score (nSPS) is 22.8. The molecule has 1 rings (SSSR count). The number of hydrogen-bond donors (Lipinski definition) is 1. The number of hydrogen-bond acceptors (Lipinski definition) is 5. The molecule has 0 fully saturated rings. The second kappa shape index (κ2) is 5.24. The van der Waals surface area contributed by atoms with Crippen molar-refractivity contribution in [2.75, 3.05) is 13.2 Å². The van der Waals surface area contributed by atoms with E-state index in [9.17, 15) is 4.79 Å². The summed E-state index contributed by atoms with van der Waals surface area (Å²) < 4.78 is 4.88. The Morgan fingerprint density at radius 1 is 1.86 bits per heavy atom. The average Bonchev–Trinajstić information content (AvgIpc) is 2.51. The van der Waals surface area contributed by atoms with Crippen molar-refractivity contribution in [2.24, 2.45) is 4.99 Å². The lowest BCUT2D eigenvalue weighted by Gasteiger charge is -2.13. The van der Waals surface area contributed by atoms with Gasteiger partial charge in [-0.3, -0.25) is 4.99 Å². The third kappa shape index (κ3) is 3.21. The summed E-state index contributed by atoms with van der Waals surface area (Å²) in [5.74, 6) is -0.227. The Morgan fingerprint density at radius 3 is 3.07 bits per heavy atom. The van der Waals surface area contributed by atoms with E-state index >= 15 is 0 Å². The number of esters is 1. The Hall–Kier alpha value is -0.710. The lowest BCUT2D eigenvalue weighted by Crippen LogP contribution is -2.37. The molecule has 1 heterocycles. The summed E-state index contributed by atoms with van der Waals surface area (Å²) in [5.41, 5.74) is 0. The van der Waals surface area contributed by atoms with Gasteiger partial charge in [0.15, 0.2) is 5.17 Å². The maximum atomic E-state index is 11.3. The highest BCUT2D eigenvalue weighted by Gasteiger charge is 2.20. The van der Waals surface area contributed by atoms with Crippen LogP contribution in [0.2, 0.25) is 0 Å². The third-order valence-corrected chi connectivity index (χ3v) is 2.81. The van der Waals surface area contributed by atoms with Crippen molar-refractivity contribution in [3.8, 4) is 0 Å². The number of ether oxygens (including phenoxy) is 1. The molecule has 0 saturated heterocycles. The minimum absolute atomic E-state index is 0.227. The summed E-state index contributed by atoms with van der Waals surface area (Å²) in [6.07, 6.45) is 0. The molecule has 4 nitrogen and oxygen atoms in total. The van der Waals surface area contributed by atoms with Gasteiger partial charge in [0.1, 0.15) is 6.04 Å². The summed E-state index contributed by atoms with van der Waals surface area (Å²) >= 11 is 1.66. The molecule has 1 N–H and O–H groups in total. The number of nitrogens with zero attached hydrogens (tertiary/aromatic N) is 1. The summed E-state index contributed by atoms with van der Waals surface area (Å²) in [6, 6.07) is -0.313. The van der Waals surface area contributed by atoms with Crippen LogP contribution in [0.1, 0.15) is 20.8 Å². The maximum Gasteiger partial charge on any atom is 0.328 e. The van der Waals surface area contributed by atoms with Crippen LogP contribution in [0.4, 0.5) is 0 Å². The van der Waals surface area contributed by atoms with Gasteiger partial charge in [-0.05, 0) is 13.8 Å². The highest BCUT2D eigenvalue weighted by molar-refractivity contribution is 8.14. The van der Waals surface area contributed by atoms with Crippen LogP contribution in [0.25, 0.3) is 0 Å². The van der Waals surface area contributed by atoms with Gasteiger partial charge in [-0.25, -0.2) is 4.79 Å². The molecule has 0 amide bonds. The Morgan fingerprint density at radius 2 is 2.57 bits per heavy atom. The molecule has 1 aliphatic heterocycles. The molecule has 2 atom stereocenters. The molecule has 2 unspecified atom stereocenters. The van der Waals surface area contributed by atoms with Gasteiger partial charge in [0.2, 0.25) is 0 Å². The van der Waals surface area contributed by atoms with E-state index in [2.05, 4.69) is 17.2 Å². The number of aliphatic imine (C=N–C) groups is 1. The smallest absolute Gasteiger partial charge is 0.328 e. The van der Waals surface area contributed by atoms with Gasteiger partial charge in [-0.1, -0.05) is 18.7 Å². The first-order valence-corrected chi connectivity index (χ1v) is 5.65. The molecular formula is C9H16N2O2S. The number of thioether (sulfide) groups is 1. The van der Waals surface area contributed by atoms with Crippen molar-refractivity contribution in [1.82, 2.24) is 5.32 Å². The van der Waals surface area contributed by atoms with Gasteiger partial charge in [0, 0.05) is 5.25 Å². The molecular weight excluding hydrogens is 200 g/mol. The summed E-state index contributed by atoms with van der Waals surface area (Å²) in [4.78, 5) is 15.5. The van der Waals surface area contributed by atoms with Crippen molar-refractivity contribution in [2.45, 2.75) is 32.1 Å². The van der Waals surface area contributed by atoms with E-state index in [0.717, 1.165) is 11.7 Å². The van der Waals surface area contributed by atoms with Crippen LogP contribution < -0.4 is 5.32 Å². The van der Waals surface area contributed by atoms with E-state index in [1.54, 1.807) is 25.6 Å².